The van der Waals surface area contributed by atoms with Gasteiger partial charge in [-0.2, -0.15) is 0 Å². The van der Waals surface area contributed by atoms with Crippen LogP contribution in [0.2, 0.25) is 0 Å². The van der Waals surface area contributed by atoms with E-state index in [9.17, 15) is 19.2 Å². The van der Waals surface area contributed by atoms with Gasteiger partial charge in [0.15, 0.2) is 0 Å². The first-order chi connectivity index (χ1) is 25.5. The Bertz CT molecular complexity index is 1980. The summed E-state index contributed by atoms with van der Waals surface area (Å²) in [4.78, 5) is 62.6. The maximum absolute atomic E-state index is 13.9. The Kier molecular flexibility index (Phi) is 8.79. The Morgan fingerprint density at radius 1 is 0.346 bits per heavy atom. The van der Waals surface area contributed by atoms with Gasteiger partial charge in [-0.25, -0.2) is 0 Å². The summed E-state index contributed by atoms with van der Waals surface area (Å²) in [5, 5.41) is 0.772. The summed E-state index contributed by atoms with van der Waals surface area (Å²) in [5.41, 5.74) is 5.38. The predicted molar refractivity (Wildman–Crippen MR) is 204 cm³/mol. The van der Waals surface area contributed by atoms with Gasteiger partial charge in [0, 0.05) is 82.0 Å². The van der Waals surface area contributed by atoms with Crippen LogP contribution in [0.1, 0.15) is 54.3 Å². The van der Waals surface area contributed by atoms with Crippen molar-refractivity contribution in [1.29, 1.82) is 0 Å². The van der Waals surface area contributed by atoms with Crippen LogP contribution in [0.3, 0.4) is 0 Å². The van der Waals surface area contributed by atoms with Gasteiger partial charge < -0.3 is 9.80 Å². The zero-order valence-corrected chi connectivity index (χ0v) is 28.5. The number of benzene rings is 6. The maximum atomic E-state index is 13.9. The molecule has 256 valence electrons. The topological polar surface area (TPSA) is 81.2 Å². The molecule has 2 aliphatic rings. The van der Waals surface area contributed by atoms with Crippen LogP contribution in [-0.2, 0) is 0 Å². The van der Waals surface area contributed by atoms with Crippen LogP contribution in [0.4, 0.5) is 22.7 Å². The third kappa shape index (κ3) is 5.88. The Morgan fingerprint density at radius 3 is 0.846 bits per heavy atom. The second-order valence-electron chi connectivity index (χ2n) is 12.9. The number of hydrogen-bond donors (Lipinski definition) is 0. The second-order valence-corrected chi connectivity index (χ2v) is 12.9. The summed E-state index contributed by atoms with van der Waals surface area (Å²) < 4.78 is 0. The SMILES string of the molecule is O=C1c2ccc3c4c(ccc(c24)C(=O)N1CCCN(c1ccccc1)c1ccccc1)C(=O)N(CCCN(c1ccccc1)c1ccccc1)C3=O. The molecule has 0 unspecified atom stereocenters. The van der Waals surface area contributed by atoms with Crippen molar-refractivity contribution in [2.75, 3.05) is 36.0 Å². The fourth-order valence-corrected chi connectivity index (χ4v) is 7.40. The molecule has 0 aromatic heterocycles. The fraction of sp³-hybridized carbons (Fsp3) is 0.136. The number of carbonyl (C=O) groups excluding carboxylic acids is 4. The monoisotopic (exact) mass is 684 g/mol. The van der Waals surface area contributed by atoms with E-state index in [0.717, 1.165) is 22.7 Å². The Balaban J connectivity index is 1.01. The molecular formula is C44H36N4O4. The van der Waals surface area contributed by atoms with E-state index in [1.807, 2.05) is 121 Å². The van der Waals surface area contributed by atoms with Crippen LogP contribution in [0.5, 0.6) is 0 Å². The third-order valence-electron chi connectivity index (χ3n) is 9.86. The quantitative estimate of drug-likeness (QED) is 0.120. The number of imide groups is 2. The smallest absolute Gasteiger partial charge is 0.261 e. The van der Waals surface area contributed by atoms with Gasteiger partial charge >= 0.3 is 0 Å². The largest absolute Gasteiger partial charge is 0.341 e. The molecule has 0 atom stereocenters. The molecule has 8 heteroatoms. The molecule has 8 nitrogen and oxygen atoms in total. The van der Waals surface area contributed by atoms with Crippen molar-refractivity contribution < 1.29 is 19.2 Å². The molecule has 2 heterocycles. The number of hydrogen-bond acceptors (Lipinski definition) is 6. The fourth-order valence-electron chi connectivity index (χ4n) is 7.40. The highest BCUT2D eigenvalue weighted by Crippen LogP contribution is 2.38. The first-order valence-electron chi connectivity index (χ1n) is 17.6. The van der Waals surface area contributed by atoms with E-state index in [1.54, 1.807) is 24.3 Å². The van der Waals surface area contributed by atoms with Crippen LogP contribution < -0.4 is 9.80 Å². The lowest BCUT2D eigenvalue weighted by atomic mass is 9.86. The van der Waals surface area contributed by atoms with Crippen LogP contribution in [0.15, 0.2) is 146 Å². The molecular weight excluding hydrogens is 649 g/mol. The molecule has 52 heavy (non-hydrogen) atoms. The van der Waals surface area contributed by atoms with Crippen molar-refractivity contribution in [3.05, 3.63) is 168 Å². The highest BCUT2D eigenvalue weighted by atomic mass is 16.2. The van der Waals surface area contributed by atoms with Gasteiger partial charge in [0.05, 0.1) is 0 Å². The summed E-state index contributed by atoms with van der Waals surface area (Å²) in [6.45, 7) is 1.59. The molecule has 0 fully saturated rings. The zero-order chi connectivity index (χ0) is 35.6. The van der Waals surface area contributed by atoms with E-state index in [1.165, 1.54) is 9.80 Å². The molecule has 0 bridgehead atoms. The lowest BCUT2D eigenvalue weighted by Gasteiger charge is -2.33. The number of anilines is 4. The Labute approximate surface area is 302 Å². The molecule has 0 radical (unpaired) electrons. The van der Waals surface area contributed by atoms with Gasteiger partial charge in [0.2, 0.25) is 0 Å². The van der Waals surface area contributed by atoms with Crippen molar-refractivity contribution >= 4 is 57.2 Å². The average molecular weight is 685 g/mol. The second kappa shape index (κ2) is 14.0. The van der Waals surface area contributed by atoms with E-state index in [0.29, 0.717) is 59.0 Å². The van der Waals surface area contributed by atoms with E-state index in [2.05, 4.69) is 9.80 Å². The minimum absolute atomic E-state index is 0.215. The van der Waals surface area contributed by atoms with Gasteiger partial charge in [-0.3, -0.25) is 29.0 Å². The number of para-hydroxylation sites is 4. The highest BCUT2D eigenvalue weighted by Gasteiger charge is 2.39. The van der Waals surface area contributed by atoms with Gasteiger partial charge in [-0.05, 0) is 85.6 Å². The molecule has 4 amide bonds. The molecule has 8 rings (SSSR count). The van der Waals surface area contributed by atoms with Crippen LogP contribution in [0, 0.1) is 0 Å². The first-order valence-corrected chi connectivity index (χ1v) is 17.6. The number of carbonyl (C=O) groups is 4. The molecule has 2 aliphatic heterocycles. The van der Waals surface area contributed by atoms with Gasteiger partial charge in [-0.1, -0.05) is 72.8 Å². The number of nitrogens with zero attached hydrogens (tertiary/aromatic N) is 4. The van der Waals surface area contributed by atoms with Crippen molar-refractivity contribution in [3.63, 3.8) is 0 Å². The molecule has 0 spiro atoms. The Morgan fingerprint density at radius 2 is 0.596 bits per heavy atom. The average Bonchev–Trinajstić information content (AvgIpc) is 3.20. The van der Waals surface area contributed by atoms with Crippen LogP contribution >= 0.6 is 0 Å². The van der Waals surface area contributed by atoms with Crippen molar-refractivity contribution in [2.24, 2.45) is 0 Å². The summed E-state index contributed by atoms with van der Waals surface area (Å²) in [7, 11) is 0. The van der Waals surface area contributed by atoms with Gasteiger partial charge in [0.25, 0.3) is 23.6 Å². The molecule has 0 saturated heterocycles. The predicted octanol–water partition coefficient (Wildman–Crippen LogP) is 8.49. The van der Waals surface area contributed by atoms with Crippen LogP contribution in [-0.4, -0.2) is 59.6 Å². The third-order valence-corrected chi connectivity index (χ3v) is 9.86. The molecule has 6 aromatic carbocycles. The lowest BCUT2D eigenvalue weighted by molar-refractivity contribution is 0.0588. The summed E-state index contributed by atoms with van der Waals surface area (Å²) in [6.07, 6.45) is 1.07. The molecule has 0 N–H and O–H groups in total. The molecule has 0 aliphatic carbocycles. The van der Waals surface area contributed by atoms with Crippen molar-refractivity contribution in [1.82, 2.24) is 9.80 Å². The van der Waals surface area contributed by atoms with E-state index < -0.39 is 23.6 Å². The maximum Gasteiger partial charge on any atom is 0.261 e. The Hall–Kier alpha value is -6.54. The normalized spacial score (nSPS) is 13.5. The minimum atomic E-state index is -0.420. The van der Waals surface area contributed by atoms with Gasteiger partial charge in [-0.15, -0.1) is 0 Å². The van der Waals surface area contributed by atoms with Crippen LogP contribution in [0.25, 0.3) is 10.8 Å². The van der Waals surface area contributed by atoms with E-state index in [4.69, 9.17) is 0 Å². The summed E-state index contributed by atoms with van der Waals surface area (Å²) in [6, 6.07) is 46.6. The molecule has 0 saturated carbocycles. The number of rotatable bonds is 12. The highest BCUT2D eigenvalue weighted by molar-refractivity contribution is 6.33. The standard InChI is InChI=1S/C44H36N4O4/c49-41-35-23-25-37-40-38(44(52)48(43(37)51)30-14-28-46(33-19-9-3-10-20-33)34-21-11-4-12-22-34)26-24-36(39(35)40)42(50)47(41)29-13-27-45(31-15-5-1-6-16-31)32-17-7-2-8-18-32/h1-12,15-26H,13-14,27-30H2. The minimum Gasteiger partial charge on any atom is -0.341 e. The first kappa shape index (κ1) is 32.7. The molecule has 6 aromatic rings. The summed E-state index contributed by atoms with van der Waals surface area (Å²) in [5.74, 6) is -1.68. The van der Waals surface area contributed by atoms with Gasteiger partial charge in [0.1, 0.15) is 0 Å². The number of amides is 4. The van der Waals surface area contributed by atoms with E-state index >= 15 is 0 Å². The van der Waals surface area contributed by atoms with E-state index in [-0.39, 0.29) is 13.1 Å². The zero-order valence-electron chi connectivity index (χ0n) is 28.5. The van der Waals surface area contributed by atoms with Crippen molar-refractivity contribution in [2.45, 2.75) is 12.8 Å². The lowest BCUT2D eigenvalue weighted by Crippen LogP contribution is -2.44. The summed E-state index contributed by atoms with van der Waals surface area (Å²) >= 11 is 0. The van der Waals surface area contributed by atoms with Crippen molar-refractivity contribution in [3.8, 4) is 0 Å².